The van der Waals surface area contributed by atoms with Gasteiger partial charge in [-0.15, -0.1) is 10.2 Å². The van der Waals surface area contributed by atoms with E-state index in [1.165, 1.54) is 25.9 Å². The second-order valence-corrected chi connectivity index (χ2v) is 7.47. The van der Waals surface area contributed by atoms with Crippen LogP contribution in [0.3, 0.4) is 0 Å². The average molecular weight is 371 g/mol. The average Bonchev–Trinajstić information content (AvgIpc) is 3.31. The molecule has 0 unspecified atom stereocenters. The highest BCUT2D eigenvalue weighted by atomic mass is 15.3. The molecule has 0 aromatic carbocycles. The molecule has 9 nitrogen and oxygen atoms in total. The zero-order chi connectivity index (χ0) is 18.8. The summed E-state index contributed by atoms with van der Waals surface area (Å²) < 4.78 is 2.32. The third-order valence-electron chi connectivity index (χ3n) is 5.67. The van der Waals surface area contributed by atoms with Gasteiger partial charge in [0.15, 0.2) is 0 Å². The van der Waals surface area contributed by atoms with Crippen molar-refractivity contribution in [1.29, 1.82) is 0 Å². The molecule has 4 N–H and O–H groups in total. The highest BCUT2D eigenvalue weighted by Gasteiger charge is 2.27. The summed E-state index contributed by atoms with van der Waals surface area (Å²) in [5, 5.41) is 9.11. The molecule has 0 spiro atoms. The maximum atomic E-state index is 5.81. The van der Waals surface area contributed by atoms with Gasteiger partial charge in [0.25, 0.3) is 0 Å². The van der Waals surface area contributed by atoms with E-state index in [2.05, 4.69) is 41.5 Å². The topological polar surface area (TPSA) is 115 Å². The minimum atomic E-state index is 0.226. The maximum Gasteiger partial charge on any atom is 0.223 e. The monoisotopic (exact) mass is 371 g/mol. The van der Waals surface area contributed by atoms with Crippen molar-refractivity contribution in [2.24, 2.45) is 0 Å². The van der Waals surface area contributed by atoms with Crippen molar-refractivity contribution >= 4 is 17.6 Å². The van der Waals surface area contributed by atoms with Crippen LogP contribution in [0.15, 0.2) is 6.07 Å². The standard InChI is InChI=1S/C18H29N9/c1-2-27-16(12-25-7-3-4-8-25)23-24-17(27)13-5-9-26(10-6-13)15-11-14(19)21-18(20)22-15/h11,13H,2-10,12H2,1H3,(H4,19,20,21,22). The fourth-order valence-electron chi connectivity index (χ4n) is 4.25. The summed E-state index contributed by atoms with van der Waals surface area (Å²) in [4.78, 5) is 13.0. The van der Waals surface area contributed by atoms with Crippen LogP contribution >= 0.6 is 0 Å². The highest BCUT2D eigenvalue weighted by molar-refractivity contribution is 5.50. The number of rotatable bonds is 5. The first kappa shape index (κ1) is 18.0. The fraction of sp³-hybridized carbons (Fsp3) is 0.667. The van der Waals surface area contributed by atoms with E-state index < -0.39 is 0 Å². The predicted molar refractivity (Wildman–Crippen MR) is 105 cm³/mol. The normalized spacial score (nSPS) is 19.1. The van der Waals surface area contributed by atoms with Crippen LogP contribution in [0.1, 0.15) is 50.2 Å². The first-order valence-electron chi connectivity index (χ1n) is 9.93. The van der Waals surface area contributed by atoms with Gasteiger partial charge < -0.3 is 20.9 Å². The first-order chi connectivity index (χ1) is 13.1. The van der Waals surface area contributed by atoms with Crippen LogP contribution in [0.2, 0.25) is 0 Å². The van der Waals surface area contributed by atoms with E-state index in [1.54, 1.807) is 6.07 Å². The second kappa shape index (κ2) is 7.67. The predicted octanol–water partition coefficient (Wildman–Crippen LogP) is 1.23. The van der Waals surface area contributed by atoms with Crippen LogP contribution in [0, 0.1) is 0 Å². The van der Waals surface area contributed by atoms with Crippen molar-refractivity contribution in [3.8, 4) is 0 Å². The summed E-state index contributed by atoms with van der Waals surface area (Å²) >= 11 is 0. The third kappa shape index (κ3) is 3.83. The van der Waals surface area contributed by atoms with Crippen molar-refractivity contribution in [2.45, 2.75) is 51.6 Å². The molecule has 2 saturated heterocycles. The molecule has 0 atom stereocenters. The van der Waals surface area contributed by atoms with Gasteiger partial charge in [-0.25, -0.2) is 0 Å². The van der Waals surface area contributed by atoms with Gasteiger partial charge in [0.2, 0.25) is 5.95 Å². The molecule has 2 aliphatic rings. The lowest BCUT2D eigenvalue weighted by Gasteiger charge is -2.32. The smallest absolute Gasteiger partial charge is 0.223 e. The van der Waals surface area contributed by atoms with Crippen molar-refractivity contribution in [3.05, 3.63) is 17.7 Å². The first-order valence-corrected chi connectivity index (χ1v) is 9.93. The van der Waals surface area contributed by atoms with Crippen molar-refractivity contribution in [2.75, 3.05) is 42.5 Å². The molecule has 0 radical (unpaired) electrons. The Bertz CT molecular complexity index is 753. The molecule has 0 amide bonds. The van der Waals surface area contributed by atoms with Crippen LogP contribution in [0.4, 0.5) is 17.6 Å². The van der Waals surface area contributed by atoms with Gasteiger partial charge >= 0.3 is 0 Å². The molecule has 4 heterocycles. The number of anilines is 3. The Morgan fingerprint density at radius 1 is 1.04 bits per heavy atom. The van der Waals surface area contributed by atoms with Crippen LogP contribution in [-0.4, -0.2) is 55.8 Å². The lowest BCUT2D eigenvalue weighted by Crippen LogP contribution is -2.34. The largest absolute Gasteiger partial charge is 0.383 e. The molecule has 2 aromatic heterocycles. The number of piperidine rings is 1. The van der Waals surface area contributed by atoms with Crippen LogP contribution in [-0.2, 0) is 13.1 Å². The number of nitrogens with two attached hydrogens (primary N) is 2. The van der Waals surface area contributed by atoms with E-state index >= 15 is 0 Å². The number of hydrogen-bond donors (Lipinski definition) is 2. The molecule has 4 rings (SSSR count). The number of nitrogen functional groups attached to an aromatic ring is 2. The molecule has 2 aliphatic heterocycles. The fourth-order valence-corrected chi connectivity index (χ4v) is 4.25. The SMILES string of the molecule is CCn1c(CN2CCCC2)nnc1C1CCN(c2cc(N)nc(N)n2)CC1. The molecule has 0 aliphatic carbocycles. The molecule has 146 valence electrons. The molecule has 0 bridgehead atoms. The number of hydrogen-bond acceptors (Lipinski definition) is 8. The number of nitrogens with zero attached hydrogens (tertiary/aromatic N) is 7. The molecular weight excluding hydrogens is 342 g/mol. The number of aromatic nitrogens is 5. The van der Waals surface area contributed by atoms with Gasteiger partial charge in [0.05, 0.1) is 6.54 Å². The molecule has 9 heteroatoms. The van der Waals surface area contributed by atoms with E-state index in [9.17, 15) is 0 Å². The Morgan fingerprint density at radius 3 is 2.44 bits per heavy atom. The van der Waals surface area contributed by atoms with Gasteiger partial charge in [0.1, 0.15) is 23.3 Å². The van der Waals surface area contributed by atoms with E-state index in [1.807, 2.05) is 0 Å². The summed E-state index contributed by atoms with van der Waals surface area (Å²) in [7, 11) is 0. The second-order valence-electron chi connectivity index (χ2n) is 7.47. The Kier molecular flexibility index (Phi) is 5.11. The Hall–Kier alpha value is -2.42. The van der Waals surface area contributed by atoms with E-state index in [-0.39, 0.29) is 5.95 Å². The Morgan fingerprint density at radius 2 is 1.78 bits per heavy atom. The summed E-state index contributed by atoms with van der Waals surface area (Å²) in [6, 6.07) is 1.79. The molecule has 27 heavy (non-hydrogen) atoms. The van der Waals surface area contributed by atoms with E-state index in [0.29, 0.717) is 11.7 Å². The maximum absolute atomic E-state index is 5.81. The summed E-state index contributed by atoms with van der Waals surface area (Å²) in [5.74, 6) is 4.12. The van der Waals surface area contributed by atoms with Gasteiger partial charge in [-0.3, -0.25) is 4.90 Å². The van der Waals surface area contributed by atoms with Crippen molar-refractivity contribution < 1.29 is 0 Å². The van der Waals surface area contributed by atoms with Gasteiger partial charge in [-0.05, 0) is 45.7 Å². The van der Waals surface area contributed by atoms with Crippen LogP contribution in [0.5, 0.6) is 0 Å². The van der Waals surface area contributed by atoms with E-state index in [4.69, 9.17) is 11.5 Å². The lowest BCUT2D eigenvalue weighted by atomic mass is 9.96. The zero-order valence-corrected chi connectivity index (χ0v) is 16.0. The van der Waals surface area contributed by atoms with Crippen molar-refractivity contribution in [1.82, 2.24) is 29.6 Å². The molecule has 0 saturated carbocycles. The van der Waals surface area contributed by atoms with Crippen molar-refractivity contribution in [3.63, 3.8) is 0 Å². The minimum Gasteiger partial charge on any atom is -0.383 e. The quantitative estimate of drug-likeness (QED) is 0.806. The lowest BCUT2D eigenvalue weighted by molar-refractivity contribution is 0.315. The Labute approximate surface area is 159 Å². The molecule has 2 aromatic rings. The van der Waals surface area contributed by atoms with Crippen LogP contribution in [0.25, 0.3) is 0 Å². The molecule has 2 fully saturated rings. The van der Waals surface area contributed by atoms with E-state index in [0.717, 1.165) is 56.5 Å². The van der Waals surface area contributed by atoms with Gasteiger partial charge in [0, 0.05) is 31.6 Å². The highest BCUT2D eigenvalue weighted by Crippen LogP contribution is 2.30. The summed E-state index contributed by atoms with van der Waals surface area (Å²) in [6.07, 6.45) is 4.63. The van der Waals surface area contributed by atoms with Crippen LogP contribution < -0.4 is 16.4 Å². The van der Waals surface area contributed by atoms with Gasteiger partial charge in [-0.2, -0.15) is 9.97 Å². The summed E-state index contributed by atoms with van der Waals surface area (Å²) in [6.45, 7) is 8.17. The van der Waals surface area contributed by atoms with Gasteiger partial charge in [-0.1, -0.05) is 0 Å². The summed E-state index contributed by atoms with van der Waals surface area (Å²) in [5.41, 5.74) is 11.5. The zero-order valence-electron chi connectivity index (χ0n) is 16.0. The molecular formula is C18H29N9. The Balaban J connectivity index is 1.44. The number of likely N-dealkylation sites (tertiary alicyclic amines) is 1. The third-order valence-corrected chi connectivity index (χ3v) is 5.67. The minimum absolute atomic E-state index is 0.226.